The molecule has 2 aromatic rings. The SMILES string of the molecule is Cc1cc(Nc2ncnc3c2CCC3)n[nH]1. The number of H-pyrrole nitrogens is 1. The van der Waals surface area contributed by atoms with Crippen molar-refractivity contribution >= 4 is 11.6 Å². The lowest BCUT2D eigenvalue weighted by atomic mass is 10.2. The second-order valence-corrected chi connectivity index (χ2v) is 4.06. The Morgan fingerprint density at radius 2 is 2.25 bits per heavy atom. The van der Waals surface area contributed by atoms with E-state index in [9.17, 15) is 0 Å². The number of nitrogens with zero attached hydrogens (tertiary/aromatic N) is 3. The molecule has 0 bridgehead atoms. The molecule has 0 aromatic carbocycles. The van der Waals surface area contributed by atoms with Gasteiger partial charge in [0, 0.05) is 23.0 Å². The van der Waals surface area contributed by atoms with Crippen molar-refractivity contribution in [2.75, 3.05) is 5.32 Å². The minimum Gasteiger partial charge on any atom is -0.323 e. The Morgan fingerprint density at radius 1 is 1.31 bits per heavy atom. The normalized spacial score (nSPS) is 13.8. The largest absolute Gasteiger partial charge is 0.323 e. The van der Waals surface area contributed by atoms with Crippen molar-refractivity contribution in [3.8, 4) is 0 Å². The van der Waals surface area contributed by atoms with Gasteiger partial charge in [-0.05, 0) is 26.2 Å². The standard InChI is InChI=1S/C11H13N5/c1-7-5-10(16-15-7)14-11-8-3-2-4-9(8)12-6-13-11/h5-6H,2-4H2,1H3,(H2,12,13,14,15,16). The molecule has 5 nitrogen and oxygen atoms in total. The van der Waals surface area contributed by atoms with E-state index in [4.69, 9.17) is 0 Å². The first-order valence-electron chi connectivity index (χ1n) is 5.45. The van der Waals surface area contributed by atoms with Gasteiger partial charge in [-0.1, -0.05) is 0 Å². The van der Waals surface area contributed by atoms with Gasteiger partial charge in [0.05, 0.1) is 0 Å². The van der Waals surface area contributed by atoms with E-state index in [0.717, 1.165) is 30.2 Å². The molecule has 1 aliphatic rings. The summed E-state index contributed by atoms with van der Waals surface area (Å²) >= 11 is 0. The van der Waals surface area contributed by atoms with Crippen LogP contribution in [-0.2, 0) is 12.8 Å². The lowest BCUT2D eigenvalue weighted by Gasteiger charge is -2.06. The number of hydrogen-bond acceptors (Lipinski definition) is 4. The van der Waals surface area contributed by atoms with Crippen LogP contribution in [0.25, 0.3) is 0 Å². The number of rotatable bonds is 2. The molecule has 0 fully saturated rings. The summed E-state index contributed by atoms with van der Waals surface area (Å²) in [6.45, 7) is 1.97. The number of aromatic nitrogens is 4. The molecule has 0 amide bonds. The van der Waals surface area contributed by atoms with Crippen molar-refractivity contribution in [2.24, 2.45) is 0 Å². The Balaban J connectivity index is 1.93. The van der Waals surface area contributed by atoms with E-state index in [1.165, 1.54) is 17.7 Å². The smallest absolute Gasteiger partial charge is 0.153 e. The van der Waals surface area contributed by atoms with E-state index in [0.29, 0.717) is 0 Å². The summed E-state index contributed by atoms with van der Waals surface area (Å²) in [6.07, 6.45) is 4.91. The van der Waals surface area contributed by atoms with Crippen LogP contribution in [0.2, 0.25) is 0 Å². The summed E-state index contributed by atoms with van der Waals surface area (Å²) in [5, 5.41) is 10.3. The third kappa shape index (κ3) is 1.54. The van der Waals surface area contributed by atoms with E-state index in [2.05, 4.69) is 25.5 Å². The second kappa shape index (κ2) is 3.59. The number of fused-ring (bicyclic) bond motifs is 1. The Labute approximate surface area is 93.3 Å². The molecule has 1 aliphatic carbocycles. The lowest BCUT2D eigenvalue weighted by molar-refractivity contribution is 0.899. The molecule has 82 valence electrons. The Morgan fingerprint density at radius 3 is 3.06 bits per heavy atom. The fourth-order valence-electron chi connectivity index (χ4n) is 2.07. The molecule has 2 N–H and O–H groups in total. The topological polar surface area (TPSA) is 66.5 Å². The second-order valence-electron chi connectivity index (χ2n) is 4.06. The number of aromatic amines is 1. The van der Waals surface area contributed by atoms with Crippen LogP contribution in [0, 0.1) is 6.92 Å². The summed E-state index contributed by atoms with van der Waals surface area (Å²) in [5.41, 5.74) is 3.45. The van der Waals surface area contributed by atoms with Crippen LogP contribution in [0.1, 0.15) is 23.4 Å². The fourth-order valence-corrected chi connectivity index (χ4v) is 2.07. The Hall–Kier alpha value is -1.91. The highest BCUT2D eigenvalue weighted by atomic mass is 15.2. The number of anilines is 2. The molecular weight excluding hydrogens is 202 g/mol. The maximum absolute atomic E-state index is 4.29. The highest BCUT2D eigenvalue weighted by molar-refractivity contribution is 5.57. The van der Waals surface area contributed by atoms with Crippen LogP contribution in [-0.4, -0.2) is 20.2 Å². The highest BCUT2D eigenvalue weighted by Crippen LogP contribution is 2.26. The van der Waals surface area contributed by atoms with Crippen molar-refractivity contribution in [3.63, 3.8) is 0 Å². The highest BCUT2D eigenvalue weighted by Gasteiger charge is 2.17. The van der Waals surface area contributed by atoms with Crippen molar-refractivity contribution in [2.45, 2.75) is 26.2 Å². The van der Waals surface area contributed by atoms with Crippen LogP contribution in [0.5, 0.6) is 0 Å². The van der Waals surface area contributed by atoms with E-state index < -0.39 is 0 Å². The molecule has 2 heterocycles. The molecule has 0 atom stereocenters. The van der Waals surface area contributed by atoms with E-state index in [1.54, 1.807) is 6.33 Å². The summed E-state index contributed by atoms with van der Waals surface area (Å²) in [6, 6.07) is 1.96. The molecule has 0 aliphatic heterocycles. The summed E-state index contributed by atoms with van der Waals surface area (Å²) < 4.78 is 0. The zero-order valence-corrected chi connectivity index (χ0v) is 9.12. The zero-order valence-electron chi connectivity index (χ0n) is 9.12. The van der Waals surface area contributed by atoms with Gasteiger partial charge >= 0.3 is 0 Å². The summed E-state index contributed by atoms with van der Waals surface area (Å²) in [5.74, 6) is 1.71. The first-order valence-corrected chi connectivity index (χ1v) is 5.45. The molecular formula is C11H13N5. The summed E-state index contributed by atoms with van der Waals surface area (Å²) in [7, 11) is 0. The molecule has 0 spiro atoms. The van der Waals surface area contributed by atoms with Gasteiger partial charge in [0.2, 0.25) is 0 Å². The number of nitrogens with one attached hydrogen (secondary N) is 2. The minimum atomic E-state index is 0.810. The van der Waals surface area contributed by atoms with Gasteiger partial charge in [0.1, 0.15) is 12.1 Å². The maximum Gasteiger partial charge on any atom is 0.153 e. The zero-order chi connectivity index (χ0) is 11.0. The van der Waals surface area contributed by atoms with Crippen LogP contribution >= 0.6 is 0 Å². The molecule has 0 saturated carbocycles. The lowest BCUT2D eigenvalue weighted by Crippen LogP contribution is -2.00. The number of aryl methyl sites for hydroxylation is 2. The van der Waals surface area contributed by atoms with E-state index >= 15 is 0 Å². The van der Waals surface area contributed by atoms with Crippen LogP contribution in [0.15, 0.2) is 12.4 Å². The first kappa shape index (κ1) is 9.33. The minimum absolute atomic E-state index is 0.810. The Kier molecular flexibility index (Phi) is 2.09. The molecule has 3 rings (SSSR count). The Bertz CT molecular complexity index is 517. The van der Waals surface area contributed by atoms with Gasteiger partial charge in [-0.25, -0.2) is 9.97 Å². The van der Waals surface area contributed by atoms with E-state index in [-0.39, 0.29) is 0 Å². The maximum atomic E-state index is 4.29. The third-order valence-corrected chi connectivity index (χ3v) is 2.83. The predicted octanol–water partition coefficient (Wildman–Crippen LogP) is 1.74. The van der Waals surface area contributed by atoms with Gasteiger partial charge in [-0.3, -0.25) is 5.10 Å². The molecule has 0 unspecified atom stereocenters. The summed E-state index contributed by atoms with van der Waals surface area (Å²) in [4.78, 5) is 8.57. The van der Waals surface area contributed by atoms with E-state index in [1.807, 2.05) is 13.0 Å². The number of hydrogen-bond donors (Lipinski definition) is 2. The average Bonchev–Trinajstić information content (AvgIpc) is 2.87. The average molecular weight is 215 g/mol. The molecule has 2 aromatic heterocycles. The third-order valence-electron chi connectivity index (χ3n) is 2.83. The van der Waals surface area contributed by atoms with Crippen LogP contribution in [0.4, 0.5) is 11.6 Å². The predicted molar refractivity (Wildman–Crippen MR) is 60.7 cm³/mol. The molecule has 0 saturated heterocycles. The molecule has 16 heavy (non-hydrogen) atoms. The fraction of sp³-hybridized carbons (Fsp3) is 0.364. The first-order chi connectivity index (χ1) is 7.83. The van der Waals surface area contributed by atoms with Gasteiger partial charge in [-0.15, -0.1) is 0 Å². The molecule has 0 radical (unpaired) electrons. The van der Waals surface area contributed by atoms with Gasteiger partial charge in [0.15, 0.2) is 5.82 Å². The van der Waals surface area contributed by atoms with Crippen molar-refractivity contribution in [3.05, 3.63) is 29.3 Å². The monoisotopic (exact) mass is 215 g/mol. The molecule has 5 heteroatoms. The van der Waals surface area contributed by atoms with Crippen molar-refractivity contribution in [1.29, 1.82) is 0 Å². The van der Waals surface area contributed by atoms with Gasteiger partial charge < -0.3 is 5.32 Å². The quantitative estimate of drug-likeness (QED) is 0.800. The van der Waals surface area contributed by atoms with Crippen LogP contribution in [0.3, 0.4) is 0 Å². The van der Waals surface area contributed by atoms with Gasteiger partial charge in [0.25, 0.3) is 0 Å². The van der Waals surface area contributed by atoms with Gasteiger partial charge in [-0.2, -0.15) is 5.10 Å². The van der Waals surface area contributed by atoms with Crippen LogP contribution < -0.4 is 5.32 Å². The van der Waals surface area contributed by atoms with Crippen molar-refractivity contribution < 1.29 is 0 Å². The van der Waals surface area contributed by atoms with Crippen molar-refractivity contribution in [1.82, 2.24) is 20.2 Å².